The lowest BCUT2D eigenvalue weighted by molar-refractivity contribution is -0.118. The van der Waals surface area contributed by atoms with Crippen molar-refractivity contribution in [3.8, 4) is 0 Å². The molecule has 1 aromatic heterocycles. The predicted molar refractivity (Wildman–Crippen MR) is 104 cm³/mol. The Hall–Kier alpha value is -2.21. The fourth-order valence-electron chi connectivity index (χ4n) is 3.74. The van der Waals surface area contributed by atoms with Gasteiger partial charge in [-0.1, -0.05) is 13.3 Å². The van der Waals surface area contributed by atoms with Crippen LogP contribution in [0.15, 0.2) is 18.2 Å². The summed E-state index contributed by atoms with van der Waals surface area (Å²) in [5, 5.41) is 3.66. The van der Waals surface area contributed by atoms with Gasteiger partial charge in [0.2, 0.25) is 5.91 Å². The van der Waals surface area contributed by atoms with E-state index in [1.165, 1.54) is 24.1 Å². The van der Waals surface area contributed by atoms with E-state index >= 15 is 0 Å². The van der Waals surface area contributed by atoms with E-state index in [4.69, 9.17) is 0 Å². The number of hydrogen-bond acceptors (Lipinski definition) is 4. The number of thiazole rings is 1. The van der Waals surface area contributed by atoms with Crippen molar-refractivity contribution in [3.05, 3.63) is 39.9 Å². The Balaban J connectivity index is 1.50. The van der Waals surface area contributed by atoms with E-state index in [1.54, 1.807) is 17.4 Å². The number of nitrogens with zero attached hydrogens (tertiary/aromatic N) is 2. The third-order valence-corrected chi connectivity index (χ3v) is 6.23. The van der Waals surface area contributed by atoms with Gasteiger partial charge in [0, 0.05) is 29.1 Å². The monoisotopic (exact) mass is 369 g/mol. The van der Waals surface area contributed by atoms with Crippen LogP contribution in [0.25, 0.3) is 0 Å². The van der Waals surface area contributed by atoms with E-state index in [-0.39, 0.29) is 11.8 Å². The molecule has 1 aliphatic heterocycles. The molecule has 0 fully saturated rings. The summed E-state index contributed by atoms with van der Waals surface area (Å²) in [7, 11) is 0. The van der Waals surface area contributed by atoms with Gasteiger partial charge >= 0.3 is 0 Å². The van der Waals surface area contributed by atoms with Crippen molar-refractivity contribution in [2.75, 3.05) is 16.8 Å². The summed E-state index contributed by atoms with van der Waals surface area (Å²) in [4.78, 5) is 32.4. The van der Waals surface area contributed by atoms with E-state index < -0.39 is 0 Å². The Morgan fingerprint density at radius 2 is 2.04 bits per heavy atom. The third kappa shape index (κ3) is 3.26. The minimum absolute atomic E-state index is 0.128. The molecule has 0 spiro atoms. The fourth-order valence-corrected chi connectivity index (χ4v) is 4.79. The Labute approximate surface area is 157 Å². The standard InChI is InChI=1S/C20H23N3O2S/c1-2-18(24)23-11-10-13-12-14(8-9-16(13)23)19(25)22-20-21-15-6-4-3-5-7-17(15)26-20/h8-9,12H,2-7,10-11H2,1H3,(H,21,22,25). The molecule has 0 saturated carbocycles. The molecule has 1 N–H and O–H groups in total. The number of fused-ring (bicyclic) bond motifs is 2. The van der Waals surface area contributed by atoms with Crippen LogP contribution in [-0.4, -0.2) is 23.3 Å². The van der Waals surface area contributed by atoms with Crippen LogP contribution >= 0.6 is 11.3 Å². The first-order valence-corrected chi connectivity index (χ1v) is 10.2. The molecule has 4 rings (SSSR count). The van der Waals surface area contributed by atoms with Gasteiger partial charge in [0.15, 0.2) is 5.13 Å². The molecule has 26 heavy (non-hydrogen) atoms. The molecular weight excluding hydrogens is 346 g/mol. The summed E-state index contributed by atoms with van der Waals surface area (Å²) < 4.78 is 0. The van der Waals surface area contributed by atoms with Gasteiger partial charge in [0.25, 0.3) is 5.91 Å². The number of hydrogen-bond donors (Lipinski definition) is 1. The normalized spacial score (nSPS) is 16.0. The van der Waals surface area contributed by atoms with Gasteiger partial charge in [-0.25, -0.2) is 4.98 Å². The molecule has 2 aromatic rings. The van der Waals surface area contributed by atoms with Crippen LogP contribution in [0, 0.1) is 0 Å². The second-order valence-electron chi connectivity index (χ2n) is 6.90. The first-order valence-electron chi connectivity index (χ1n) is 9.39. The third-order valence-electron chi connectivity index (χ3n) is 5.16. The van der Waals surface area contributed by atoms with E-state index in [0.717, 1.165) is 36.2 Å². The molecule has 0 saturated heterocycles. The van der Waals surface area contributed by atoms with Crippen LogP contribution in [0.2, 0.25) is 0 Å². The zero-order valence-electron chi connectivity index (χ0n) is 15.0. The SMILES string of the molecule is CCC(=O)N1CCc2cc(C(=O)Nc3nc4c(s3)CCCCC4)ccc21. The predicted octanol–water partition coefficient (Wildman–Crippen LogP) is 3.96. The quantitative estimate of drug-likeness (QED) is 0.833. The summed E-state index contributed by atoms with van der Waals surface area (Å²) in [6.07, 6.45) is 7.04. The number of rotatable bonds is 3. The van der Waals surface area contributed by atoms with Gasteiger partial charge in [0.05, 0.1) is 5.69 Å². The summed E-state index contributed by atoms with van der Waals surface area (Å²) in [5.41, 5.74) is 3.79. The highest BCUT2D eigenvalue weighted by Gasteiger charge is 2.24. The second kappa shape index (κ2) is 7.19. The van der Waals surface area contributed by atoms with Crippen LogP contribution in [0.3, 0.4) is 0 Å². The summed E-state index contributed by atoms with van der Waals surface area (Å²) >= 11 is 1.61. The molecular formula is C20H23N3O2S. The minimum atomic E-state index is -0.128. The molecule has 0 bridgehead atoms. The Morgan fingerprint density at radius 1 is 1.19 bits per heavy atom. The topological polar surface area (TPSA) is 62.3 Å². The molecule has 0 atom stereocenters. The molecule has 2 heterocycles. The highest BCUT2D eigenvalue weighted by molar-refractivity contribution is 7.15. The molecule has 5 nitrogen and oxygen atoms in total. The number of carbonyl (C=O) groups excluding carboxylic acids is 2. The maximum absolute atomic E-state index is 12.6. The van der Waals surface area contributed by atoms with Crippen molar-refractivity contribution in [1.82, 2.24) is 4.98 Å². The van der Waals surface area contributed by atoms with Crippen molar-refractivity contribution >= 4 is 34.0 Å². The van der Waals surface area contributed by atoms with E-state index in [2.05, 4.69) is 10.3 Å². The molecule has 2 aliphatic rings. The maximum Gasteiger partial charge on any atom is 0.257 e. The Kier molecular flexibility index (Phi) is 4.76. The van der Waals surface area contributed by atoms with Crippen molar-refractivity contribution in [1.29, 1.82) is 0 Å². The summed E-state index contributed by atoms with van der Waals surface area (Å²) in [6, 6.07) is 5.60. The molecule has 1 aromatic carbocycles. The lowest BCUT2D eigenvalue weighted by Crippen LogP contribution is -2.27. The average Bonchev–Trinajstić information content (AvgIpc) is 3.18. The largest absolute Gasteiger partial charge is 0.312 e. The highest BCUT2D eigenvalue weighted by atomic mass is 32.1. The Bertz CT molecular complexity index is 835. The van der Waals surface area contributed by atoms with Gasteiger partial charge in [-0.3, -0.25) is 14.9 Å². The van der Waals surface area contributed by atoms with Crippen molar-refractivity contribution in [2.24, 2.45) is 0 Å². The van der Waals surface area contributed by atoms with Gasteiger partial charge in [-0.2, -0.15) is 0 Å². The molecule has 2 amide bonds. The van der Waals surface area contributed by atoms with Crippen molar-refractivity contribution in [2.45, 2.75) is 51.9 Å². The molecule has 6 heteroatoms. The highest BCUT2D eigenvalue weighted by Crippen LogP contribution is 2.31. The fraction of sp³-hybridized carbons (Fsp3) is 0.450. The van der Waals surface area contributed by atoms with Gasteiger partial charge < -0.3 is 4.90 Å². The van der Waals surface area contributed by atoms with Gasteiger partial charge in [-0.05, 0) is 55.9 Å². The summed E-state index contributed by atoms with van der Waals surface area (Å²) in [5.74, 6) is 0.00205. The number of benzene rings is 1. The van der Waals surface area contributed by atoms with E-state index in [9.17, 15) is 9.59 Å². The van der Waals surface area contributed by atoms with Crippen molar-refractivity contribution < 1.29 is 9.59 Å². The number of anilines is 2. The zero-order chi connectivity index (χ0) is 18.1. The summed E-state index contributed by atoms with van der Waals surface area (Å²) in [6.45, 7) is 2.57. The van der Waals surface area contributed by atoms with Crippen LogP contribution in [0.4, 0.5) is 10.8 Å². The first-order chi connectivity index (χ1) is 12.7. The molecule has 136 valence electrons. The molecule has 1 aliphatic carbocycles. The number of aryl methyl sites for hydroxylation is 2. The number of amides is 2. The van der Waals surface area contributed by atoms with Gasteiger partial charge in [0.1, 0.15) is 0 Å². The van der Waals surface area contributed by atoms with Crippen LogP contribution < -0.4 is 10.2 Å². The van der Waals surface area contributed by atoms with Gasteiger partial charge in [-0.15, -0.1) is 11.3 Å². The number of nitrogens with one attached hydrogen (secondary N) is 1. The molecule has 0 unspecified atom stereocenters. The number of aromatic nitrogens is 1. The second-order valence-corrected chi connectivity index (χ2v) is 7.98. The average molecular weight is 369 g/mol. The minimum Gasteiger partial charge on any atom is -0.312 e. The van der Waals surface area contributed by atoms with E-state index in [0.29, 0.717) is 23.7 Å². The van der Waals surface area contributed by atoms with Crippen LogP contribution in [0.1, 0.15) is 59.1 Å². The lowest BCUT2D eigenvalue weighted by Gasteiger charge is -2.16. The zero-order valence-corrected chi connectivity index (χ0v) is 15.8. The molecule has 0 radical (unpaired) electrons. The maximum atomic E-state index is 12.6. The first kappa shape index (κ1) is 17.2. The Morgan fingerprint density at radius 3 is 2.88 bits per heavy atom. The smallest absolute Gasteiger partial charge is 0.257 e. The number of carbonyl (C=O) groups is 2. The van der Waals surface area contributed by atoms with Crippen LogP contribution in [0.5, 0.6) is 0 Å². The van der Waals surface area contributed by atoms with Crippen LogP contribution in [-0.2, 0) is 24.1 Å². The van der Waals surface area contributed by atoms with Crippen molar-refractivity contribution in [3.63, 3.8) is 0 Å². The lowest BCUT2D eigenvalue weighted by atomic mass is 10.1. The van der Waals surface area contributed by atoms with E-state index in [1.807, 2.05) is 24.0 Å².